The van der Waals surface area contributed by atoms with E-state index in [9.17, 15) is 4.79 Å². The minimum atomic E-state index is -0.875. The van der Waals surface area contributed by atoms with E-state index < -0.39 is 5.97 Å². The third kappa shape index (κ3) is 4.60. The minimum Gasteiger partial charge on any atom is -0.478 e. The Kier molecular flexibility index (Phi) is 5.50. The zero-order chi connectivity index (χ0) is 15.8. The topological polar surface area (TPSA) is 37.3 Å². The molecule has 0 amide bonds. The molecule has 0 bridgehead atoms. The Morgan fingerprint density at radius 1 is 0.682 bits per heavy atom. The van der Waals surface area contributed by atoms with Crippen molar-refractivity contribution in [3.8, 4) is 11.1 Å². The van der Waals surface area contributed by atoms with Crippen molar-refractivity contribution in [1.29, 1.82) is 0 Å². The number of rotatable bonds is 2. The summed E-state index contributed by atoms with van der Waals surface area (Å²) in [4.78, 5) is 10.3. The number of carboxylic acids is 1. The summed E-state index contributed by atoms with van der Waals surface area (Å²) in [7, 11) is 0. The highest BCUT2D eigenvalue weighted by Crippen LogP contribution is 2.17. The summed E-state index contributed by atoms with van der Waals surface area (Å²) in [6, 6.07) is 27.5. The molecule has 0 atom stereocenters. The molecule has 0 fully saturated rings. The molecule has 0 saturated heterocycles. The zero-order valence-corrected chi connectivity index (χ0v) is 12.4. The lowest BCUT2D eigenvalue weighted by Gasteiger charge is -1.98. The summed E-state index contributed by atoms with van der Waals surface area (Å²) in [5.41, 5.74) is 3.96. The molecule has 2 heteroatoms. The smallest absolute Gasteiger partial charge is 0.335 e. The summed E-state index contributed by atoms with van der Waals surface area (Å²) in [5.74, 6) is -0.875. The van der Waals surface area contributed by atoms with Crippen molar-refractivity contribution in [2.45, 2.75) is 6.92 Å². The standard InChI is InChI=1S/C12H10.C8H8O2/c1-3-7-11(8-4-1)12-9-5-2-6-10-12;1-6-2-4-7(5-3-6)8(9)10/h1-10H;2-5H,1H3,(H,9,10). The highest BCUT2D eigenvalue weighted by Gasteiger charge is 1.98. The van der Waals surface area contributed by atoms with Gasteiger partial charge in [0.15, 0.2) is 0 Å². The molecule has 2 nitrogen and oxygen atoms in total. The highest BCUT2D eigenvalue weighted by atomic mass is 16.4. The van der Waals surface area contributed by atoms with E-state index in [0.29, 0.717) is 5.56 Å². The van der Waals surface area contributed by atoms with Gasteiger partial charge in [-0.3, -0.25) is 0 Å². The molecule has 0 aliphatic heterocycles. The molecule has 1 N–H and O–H groups in total. The number of aromatic carboxylic acids is 1. The van der Waals surface area contributed by atoms with E-state index in [1.54, 1.807) is 24.3 Å². The molecule has 0 heterocycles. The van der Waals surface area contributed by atoms with Crippen LogP contribution in [0.5, 0.6) is 0 Å². The first-order valence-corrected chi connectivity index (χ1v) is 7.07. The van der Waals surface area contributed by atoms with Crippen LogP contribution in [0.25, 0.3) is 11.1 Å². The lowest BCUT2D eigenvalue weighted by molar-refractivity contribution is 0.0697. The molecular formula is C20H18O2. The van der Waals surface area contributed by atoms with Gasteiger partial charge in [-0.1, -0.05) is 78.4 Å². The van der Waals surface area contributed by atoms with Gasteiger partial charge in [-0.25, -0.2) is 4.79 Å². The molecular weight excluding hydrogens is 272 g/mol. The summed E-state index contributed by atoms with van der Waals surface area (Å²) >= 11 is 0. The summed E-state index contributed by atoms with van der Waals surface area (Å²) < 4.78 is 0. The van der Waals surface area contributed by atoms with Crippen LogP contribution in [-0.2, 0) is 0 Å². The van der Waals surface area contributed by atoms with Crippen LogP contribution in [0.15, 0.2) is 84.9 Å². The first kappa shape index (κ1) is 15.5. The van der Waals surface area contributed by atoms with Gasteiger partial charge in [-0.05, 0) is 30.2 Å². The SMILES string of the molecule is Cc1ccc(C(=O)O)cc1.c1ccc(-c2ccccc2)cc1. The molecule has 0 unspecified atom stereocenters. The second-order valence-electron chi connectivity index (χ2n) is 4.90. The molecule has 0 saturated carbocycles. The van der Waals surface area contributed by atoms with Gasteiger partial charge in [0.2, 0.25) is 0 Å². The van der Waals surface area contributed by atoms with E-state index in [-0.39, 0.29) is 0 Å². The summed E-state index contributed by atoms with van der Waals surface area (Å²) in [6.45, 7) is 1.92. The fourth-order valence-electron chi connectivity index (χ4n) is 1.96. The van der Waals surface area contributed by atoms with Gasteiger partial charge in [0.05, 0.1) is 5.56 Å². The maximum absolute atomic E-state index is 10.3. The number of aryl methyl sites for hydroxylation is 1. The van der Waals surface area contributed by atoms with Crippen molar-refractivity contribution in [3.05, 3.63) is 96.1 Å². The number of benzene rings is 3. The van der Waals surface area contributed by atoms with Crippen LogP contribution in [0.1, 0.15) is 15.9 Å². The van der Waals surface area contributed by atoms with Crippen molar-refractivity contribution in [2.75, 3.05) is 0 Å². The molecule has 3 aromatic carbocycles. The molecule has 22 heavy (non-hydrogen) atoms. The van der Waals surface area contributed by atoms with Gasteiger partial charge in [0.25, 0.3) is 0 Å². The quantitative estimate of drug-likeness (QED) is 0.717. The first-order chi connectivity index (χ1) is 10.7. The Balaban J connectivity index is 0.000000164. The number of hydrogen-bond donors (Lipinski definition) is 1. The van der Waals surface area contributed by atoms with Crippen molar-refractivity contribution in [2.24, 2.45) is 0 Å². The predicted molar refractivity (Wildman–Crippen MR) is 90.0 cm³/mol. The Bertz CT molecular complexity index is 664. The van der Waals surface area contributed by atoms with Crippen molar-refractivity contribution >= 4 is 5.97 Å². The second kappa shape index (κ2) is 7.79. The molecule has 0 spiro atoms. The normalized spacial score (nSPS) is 9.50. The predicted octanol–water partition coefficient (Wildman–Crippen LogP) is 5.05. The molecule has 0 aromatic heterocycles. The van der Waals surface area contributed by atoms with Gasteiger partial charge < -0.3 is 5.11 Å². The Morgan fingerprint density at radius 2 is 1.09 bits per heavy atom. The zero-order valence-electron chi connectivity index (χ0n) is 12.4. The fourth-order valence-corrected chi connectivity index (χ4v) is 1.96. The Morgan fingerprint density at radius 3 is 1.45 bits per heavy atom. The van der Waals surface area contributed by atoms with Crippen molar-refractivity contribution < 1.29 is 9.90 Å². The number of hydrogen-bond acceptors (Lipinski definition) is 1. The van der Waals surface area contributed by atoms with Gasteiger partial charge in [-0.15, -0.1) is 0 Å². The largest absolute Gasteiger partial charge is 0.478 e. The number of carboxylic acid groups (broad SMARTS) is 1. The van der Waals surface area contributed by atoms with Crippen LogP contribution in [0.4, 0.5) is 0 Å². The molecule has 3 aromatic rings. The van der Waals surface area contributed by atoms with Crippen LogP contribution in [0.2, 0.25) is 0 Å². The van der Waals surface area contributed by atoms with Crippen LogP contribution >= 0.6 is 0 Å². The average molecular weight is 290 g/mol. The Hall–Kier alpha value is -2.87. The van der Waals surface area contributed by atoms with Crippen molar-refractivity contribution in [3.63, 3.8) is 0 Å². The highest BCUT2D eigenvalue weighted by molar-refractivity contribution is 5.87. The van der Waals surface area contributed by atoms with E-state index in [4.69, 9.17) is 5.11 Å². The number of carbonyl (C=O) groups is 1. The van der Waals surface area contributed by atoms with Gasteiger partial charge in [0.1, 0.15) is 0 Å². The average Bonchev–Trinajstić information content (AvgIpc) is 2.57. The van der Waals surface area contributed by atoms with E-state index in [1.807, 2.05) is 19.1 Å². The lowest BCUT2D eigenvalue weighted by atomic mass is 10.1. The lowest BCUT2D eigenvalue weighted by Crippen LogP contribution is -1.94. The van der Waals surface area contributed by atoms with E-state index in [0.717, 1.165) is 5.56 Å². The fraction of sp³-hybridized carbons (Fsp3) is 0.0500. The second-order valence-corrected chi connectivity index (χ2v) is 4.90. The molecule has 110 valence electrons. The van der Waals surface area contributed by atoms with Crippen LogP contribution < -0.4 is 0 Å². The van der Waals surface area contributed by atoms with Crippen LogP contribution in [-0.4, -0.2) is 11.1 Å². The van der Waals surface area contributed by atoms with Crippen molar-refractivity contribution in [1.82, 2.24) is 0 Å². The molecule has 0 aliphatic rings. The summed E-state index contributed by atoms with van der Waals surface area (Å²) in [5, 5.41) is 8.48. The van der Waals surface area contributed by atoms with Crippen LogP contribution in [0, 0.1) is 6.92 Å². The van der Waals surface area contributed by atoms with E-state index in [2.05, 4.69) is 48.5 Å². The molecule has 0 aliphatic carbocycles. The maximum Gasteiger partial charge on any atom is 0.335 e. The third-order valence-corrected chi connectivity index (χ3v) is 3.18. The third-order valence-electron chi connectivity index (χ3n) is 3.18. The minimum absolute atomic E-state index is 0.339. The van der Waals surface area contributed by atoms with Gasteiger partial charge in [0, 0.05) is 0 Å². The van der Waals surface area contributed by atoms with Gasteiger partial charge in [-0.2, -0.15) is 0 Å². The van der Waals surface area contributed by atoms with Gasteiger partial charge >= 0.3 is 5.97 Å². The van der Waals surface area contributed by atoms with E-state index in [1.165, 1.54) is 11.1 Å². The Labute approximate surface area is 130 Å². The molecule has 3 rings (SSSR count). The molecule has 0 radical (unpaired) electrons. The monoisotopic (exact) mass is 290 g/mol. The van der Waals surface area contributed by atoms with Crippen LogP contribution in [0.3, 0.4) is 0 Å². The maximum atomic E-state index is 10.3. The first-order valence-electron chi connectivity index (χ1n) is 7.07. The summed E-state index contributed by atoms with van der Waals surface area (Å²) in [6.07, 6.45) is 0. The van der Waals surface area contributed by atoms with E-state index >= 15 is 0 Å².